The van der Waals surface area contributed by atoms with Gasteiger partial charge in [-0.15, -0.1) is 0 Å². The smallest absolute Gasteiger partial charge is 0.142 e. The van der Waals surface area contributed by atoms with Gasteiger partial charge in [0.25, 0.3) is 0 Å². The number of hydrogen-bond acceptors (Lipinski definition) is 2. The molecule has 0 radical (unpaired) electrons. The molecule has 0 bridgehead atoms. The highest BCUT2D eigenvalue weighted by atomic mass is 16.1. The molecule has 0 aliphatic heterocycles. The van der Waals surface area contributed by atoms with Crippen LogP contribution in [0.5, 0.6) is 0 Å². The minimum atomic E-state index is 0.758. The van der Waals surface area contributed by atoms with E-state index in [1.165, 1.54) is 63.9 Å². The van der Waals surface area contributed by atoms with Gasteiger partial charge in [0.15, 0.2) is 0 Å². The lowest BCUT2D eigenvalue weighted by molar-refractivity contribution is -0.108. The molecule has 0 aliphatic rings. The number of unbranched alkanes of at least 4 members (excludes halogenated alkanes) is 10. The zero-order valence-electron chi connectivity index (χ0n) is 14.8. The molecule has 0 unspecified atom stereocenters. The second-order valence-corrected chi connectivity index (χ2v) is 5.52. The molecule has 0 aromatic carbocycles. The van der Waals surface area contributed by atoms with E-state index >= 15 is 0 Å². The Morgan fingerprint density at radius 3 is 1.73 bits per heavy atom. The molecule has 22 heavy (non-hydrogen) atoms. The van der Waals surface area contributed by atoms with Crippen LogP contribution in [0.1, 0.15) is 90.9 Å². The van der Waals surface area contributed by atoms with Gasteiger partial charge >= 0.3 is 0 Å². The Hall–Kier alpha value is -1.18. The zero-order valence-corrected chi connectivity index (χ0v) is 14.8. The summed E-state index contributed by atoms with van der Waals surface area (Å²) in [4.78, 5) is 19.8. The van der Waals surface area contributed by atoms with Crippen LogP contribution in [-0.2, 0) is 9.59 Å². The summed E-state index contributed by atoms with van der Waals surface area (Å²) in [5.41, 5.74) is 0. The van der Waals surface area contributed by atoms with Crippen molar-refractivity contribution < 1.29 is 9.59 Å². The summed E-state index contributed by atoms with van der Waals surface area (Å²) < 4.78 is 0. The van der Waals surface area contributed by atoms with Gasteiger partial charge in [0.2, 0.25) is 0 Å². The topological polar surface area (TPSA) is 34.1 Å². The predicted molar refractivity (Wildman–Crippen MR) is 97.2 cm³/mol. The molecule has 0 aromatic rings. The van der Waals surface area contributed by atoms with Crippen LogP contribution < -0.4 is 0 Å². The van der Waals surface area contributed by atoms with Gasteiger partial charge in [0, 0.05) is 6.42 Å². The molecule has 0 rings (SSSR count). The molecule has 0 spiro atoms. The molecule has 0 aromatic heterocycles. The second-order valence-electron chi connectivity index (χ2n) is 5.52. The maximum Gasteiger partial charge on any atom is 0.142 e. The summed E-state index contributed by atoms with van der Waals surface area (Å²) in [5.74, 6) is 0. The van der Waals surface area contributed by atoms with Crippen molar-refractivity contribution in [2.24, 2.45) is 0 Å². The molecule has 0 fully saturated rings. The molecule has 0 heterocycles. The van der Waals surface area contributed by atoms with Gasteiger partial charge in [0.1, 0.15) is 12.6 Å². The predicted octanol–water partition coefficient (Wildman–Crippen LogP) is 6.20. The largest absolute Gasteiger partial charge is 0.303 e. The Labute approximate surface area is 138 Å². The van der Waals surface area contributed by atoms with E-state index in [0.29, 0.717) is 0 Å². The van der Waals surface area contributed by atoms with Gasteiger partial charge in [-0.2, -0.15) is 0 Å². The number of carbonyl (C=O) groups is 2. The van der Waals surface area contributed by atoms with Gasteiger partial charge in [-0.3, -0.25) is 4.79 Å². The van der Waals surface area contributed by atoms with E-state index in [2.05, 4.69) is 19.9 Å². The Morgan fingerprint density at radius 1 is 0.591 bits per heavy atom. The molecule has 0 atom stereocenters. The number of carbonyl (C=O) groups excluding carboxylic acids is 2. The van der Waals surface area contributed by atoms with Crippen molar-refractivity contribution in [1.82, 2.24) is 0 Å². The Kier molecular flexibility index (Phi) is 26.0. The molecule has 0 aliphatic carbocycles. The Morgan fingerprint density at radius 2 is 1.14 bits per heavy atom. The van der Waals surface area contributed by atoms with Crippen molar-refractivity contribution in [3.8, 4) is 0 Å². The van der Waals surface area contributed by atoms with Crippen LogP contribution in [0.3, 0.4) is 0 Å². The highest BCUT2D eigenvalue weighted by Gasteiger charge is 1.89. The average Bonchev–Trinajstić information content (AvgIpc) is 2.54. The fourth-order valence-electron chi connectivity index (χ4n) is 1.98. The van der Waals surface area contributed by atoms with Crippen molar-refractivity contribution in [2.45, 2.75) is 90.9 Å². The van der Waals surface area contributed by atoms with E-state index in [-0.39, 0.29) is 0 Å². The van der Waals surface area contributed by atoms with Crippen LogP contribution >= 0.6 is 0 Å². The molecule has 0 N–H and O–H groups in total. The van der Waals surface area contributed by atoms with Gasteiger partial charge in [0.05, 0.1) is 0 Å². The second kappa shape index (κ2) is 24.8. The van der Waals surface area contributed by atoms with Crippen LogP contribution in [0.25, 0.3) is 0 Å². The van der Waals surface area contributed by atoms with Crippen molar-refractivity contribution in [1.29, 1.82) is 0 Å². The van der Waals surface area contributed by atoms with Crippen molar-refractivity contribution in [3.63, 3.8) is 0 Å². The number of allylic oxidation sites excluding steroid dienone is 4. The number of aldehydes is 2. The summed E-state index contributed by atoms with van der Waals surface area (Å²) in [6.45, 7) is 4.42. The minimum Gasteiger partial charge on any atom is -0.303 e. The van der Waals surface area contributed by atoms with Crippen LogP contribution in [0.2, 0.25) is 0 Å². The first-order chi connectivity index (χ1) is 10.8. The van der Waals surface area contributed by atoms with Gasteiger partial charge in [-0.25, -0.2) is 0 Å². The van der Waals surface area contributed by atoms with E-state index in [1.54, 1.807) is 6.08 Å². The Balaban J connectivity index is 0. The number of rotatable bonds is 14. The van der Waals surface area contributed by atoms with Gasteiger partial charge in [-0.1, -0.05) is 83.4 Å². The van der Waals surface area contributed by atoms with Crippen molar-refractivity contribution in [2.75, 3.05) is 0 Å². The van der Waals surface area contributed by atoms with E-state index in [1.807, 2.05) is 6.08 Å². The van der Waals surface area contributed by atoms with Crippen LogP contribution in [-0.4, -0.2) is 12.6 Å². The fraction of sp³-hybridized carbons (Fsp3) is 0.700. The third-order valence-corrected chi connectivity index (χ3v) is 3.34. The van der Waals surface area contributed by atoms with Crippen LogP contribution in [0.4, 0.5) is 0 Å². The Bertz CT molecular complexity index is 267. The lowest BCUT2D eigenvalue weighted by Gasteiger charge is -1.97. The monoisotopic (exact) mass is 308 g/mol. The van der Waals surface area contributed by atoms with Gasteiger partial charge < -0.3 is 4.79 Å². The van der Waals surface area contributed by atoms with Gasteiger partial charge in [-0.05, 0) is 25.3 Å². The zero-order chi connectivity index (χ0) is 16.7. The van der Waals surface area contributed by atoms with E-state index in [0.717, 1.165) is 31.8 Å². The van der Waals surface area contributed by atoms with Crippen LogP contribution in [0.15, 0.2) is 24.3 Å². The summed E-state index contributed by atoms with van der Waals surface area (Å²) in [5, 5.41) is 0. The van der Waals surface area contributed by atoms with Crippen molar-refractivity contribution >= 4 is 12.6 Å². The lowest BCUT2D eigenvalue weighted by Crippen LogP contribution is -1.80. The maximum atomic E-state index is 9.94. The molecular weight excluding hydrogens is 272 g/mol. The molecule has 2 nitrogen and oxygen atoms in total. The van der Waals surface area contributed by atoms with E-state index in [9.17, 15) is 9.59 Å². The SMILES string of the molecule is CCCCCC=CC=CC=O.CCCCCCCCCC=O. The first kappa shape index (κ1) is 23.1. The third-order valence-electron chi connectivity index (χ3n) is 3.34. The molecule has 0 saturated heterocycles. The van der Waals surface area contributed by atoms with E-state index < -0.39 is 0 Å². The summed E-state index contributed by atoms with van der Waals surface area (Å²) in [6.07, 6.45) is 23.8. The third kappa shape index (κ3) is 27.2. The maximum absolute atomic E-state index is 9.94. The van der Waals surface area contributed by atoms with Crippen LogP contribution in [0, 0.1) is 0 Å². The summed E-state index contributed by atoms with van der Waals surface area (Å²) >= 11 is 0. The minimum absolute atomic E-state index is 0.758. The average molecular weight is 309 g/mol. The van der Waals surface area contributed by atoms with E-state index in [4.69, 9.17) is 0 Å². The summed E-state index contributed by atoms with van der Waals surface area (Å²) in [6, 6.07) is 0. The molecule has 0 saturated carbocycles. The summed E-state index contributed by atoms with van der Waals surface area (Å²) in [7, 11) is 0. The molecule has 0 amide bonds. The fourth-order valence-corrected chi connectivity index (χ4v) is 1.98. The molecule has 2 heteroatoms. The molecular formula is C20H36O2. The number of hydrogen-bond donors (Lipinski definition) is 0. The quantitative estimate of drug-likeness (QED) is 0.165. The van der Waals surface area contributed by atoms with Crippen molar-refractivity contribution in [3.05, 3.63) is 24.3 Å². The standard InChI is InChI=1S/C10H20O.C10H16O/c2*1-2-3-4-5-6-7-8-9-10-11/h10H,2-9H2,1H3;6-10H,2-5H2,1H3. The highest BCUT2D eigenvalue weighted by molar-refractivity contribution is 5.65. The first-order valence-corrected chi connectivity index (χ1v) is 9.04. The normalized spacial score (nSPS) is 10.6. The highest BCUT2D eigenvalue weighted by Crippen LogP contribution is 2.07. The molecule has 128 valence electrons. The lowest BCUT2D eigenvalue weighted by atomic mass is 10.1. The first-order valence-electron chi connectivity index (χ1n) is 9.04.